The van der Waals surface area contributed by atoms with Gasteiger partial charge < -0.3 is 9.32 Å². The average molecular weight is 349 g/mol. The van der Waals surface area contributed by atoms with Crippen LogP contribution in [0.3, 0.4) is 0 Å². The van der Waals surface area contributed by atoms with Gasteiger partial charge in [0, 0.05) is 26.2 Å². The third kappa shape index (κ3) is 4.86. The molecule has 1 amide bonds. The molecule has 4 nitrogen and oxygen atoms in total. The fourth-order valence-corrected chi connectivity index (χ4v) is 3.06. The molecule has 1 aromatic carbocycles. The Morgan fingerprint density at radius 1 is 1.12 bits per heavy atom. The molecule has 0 bridgehead atoms. The highest BCUT2D eigenvalue weighted by Gasteiger charge is 2.22. The van der Waals surface area contributed by atoms with Crippen molar-refractivity contribution in [3.63, 3.8) is 0 Å². The molecule has 0 radical (unpaired) electrons. The van der Waals surface area contributed by atoms with Crippen LogP contribution in [0.4, 0.5) is 0 Å². The third-order valence-electron chi connectivity index (χ3n) is 4.42. The van der Waals surface area contributed by atoms with E-state index in [1.807, 2.05) is 17.9 Å². The minimum absolute atomic E-state index is 0. The monoisotopic (exact) mass is 348 g/mol. The van der Waals surface area contributed by atoms with Gasteiger partial charge in [-0.05, 0) is 37.9 Å². The van der Waals surface area contributed by atoms with E-state index in [-0.39, 0.29) is 18.3 Å². The van der Waals surface area contributed by atoms with Crippen LogP contribution in [-0.2, 0) is 6.42 Å². The van der Waals surface area contributed by atoms with Crippen LogP contribution in [-0.4, -0.2) is 48.4 Å². The second-order valence-corrected chi connectivity index (χ2v) is 6.17. The molecule has 24 heavy (non-hydrogen) atoms. The van der Waals surface area contributed by atoms with E-state index in [4.69, 9.17) is 4.42 Å². The molecule has 0 unspecified atom stereocenters. The molecule has 5 heteroatoms. The first-order chi connectivity index (χ1) is 11.2. The molecule has 0 atom stereocenters. The zero-order valence-corrected chi connectivity index (χ0v) is 14.9. The van der Waals surface area contributed by atoms with Gasteiger partial charge in [-0.1, -0.05) is 30.3 Å². The first-order valence-corrected chi connectivity index (χ1v) is 8.33. The summed E-state index contributed by atoms with van der Waals surface area (Å²) in [4.78, 5) is 16.7. The molecule has 3 rings (SSSR count). The zero-order chi connectivity index (χ0) is 16.1. The quantitative estimate of drug-likeness (QED) is 0.831. The molecule has 2 heterocycles. The van der Waals surface area contributed by atoms with E-state index in [9.17, 15) is 4.79 Å². The van der Waals surface area contributed by atoms with E-state index in [1.54, 1.807) is 6.26 Å². The van der Waals surface area contributed by atoms with Crippen molar-refractivity contribution in [3.8, 4) is 0 Å². The number of amides is 1. The van der Waals surface area contributed by atoms with Crippen molar-refractivity contribution >= 4 is 18.3 Å². The normalized spacial score (nSPS) is 15.1. The molecular formula is C19H25ClN2O2. The highest BCUT2D eigenvalue weighted by Crippen LogP contribution is 2.12. The molecule has 0 saturated carbocycles. The molecular weight excluding hydrogens is 324 g/mol. The molecule has 0 N–H and O–H groups in total. The highest BCUT2D eigenvalue weighted by molar-refractivity contribution is 5.94. The molecule has 0 aliphatic carbocycles. The molecule has 0 spiro atoms. The van der Waals surface area contributed by atoms with Crippen LogP contribution in [0.25, 0.3) is 0 Å². The second-order valence-electron chi connectivity index (χ2n) is 6.17. The smallest absolute Gasteiger partial charge is 0.257 e. The average Bonchev–Trinajstić information content (AvgIpc) is 3.02. The summed E-state index contributed by atoms with van der Waals surface area (Å²) in [5, 5.41) is 0. The molecule has 1 saturated heterocycles. The summed E-state index contributed by atoms with van der Waals surface area (Å²) in [6.07, 6.45) is 3.84. The Morgan fingerprint density at radius 3 is 2.46 bits per heavy atom. The number of rotatable bonds is 5. The van der Waals surface area contributed by atoms with Crippen molar-refractivity contribution < 1.29 is 9.21 Å². The van der Waals surface area contributed by atoms with Gasteiger partial charge in [0.2, 0.25) is 0 Å². The standard InChI is InChI=1S/C19H24N2O2.ClH/c1-16-14-18(15-23-16)19(22)21-12-10-20(11-13-21)9-5-8-17-6-3-2-4-7-17;/h2-4,6-7,14-15H,5,8-13H2,1H3;1H. The van der Waals surface area contributed by atoms with Crippen LogP contribution >= 0.6 is 12.4 Å². The predicted molar refractivity (Wildman–Crippen MR) is 97.8 cm³/mol. The lowest BCUT2D eigenvalue weighted by atomic mass is 10.1. The van der Waals surface area contributed by atoms with Crippen molar-refractivity contribution in [2.75, 3.05) is 32.7 Å². The Labute approximate surface area is 149 Å². The number of hydrogen-bond donors (Lipinski definition) is 0. The largest absolute Gasteiger partial charge is 0.469 e. The van der Waals surface area contributed by atoms with Gasteiger partial charge >= 0.3 is 0 Å². The van der Waals surface area contributed by atoms with Crippen molar-refractivity contribution in [2.24, 2.45) is 0 Å². The topological polar surface area (TPSA) is 36.7 Å². The zero-order valence-electron chi connectivity index (χ0n) is 14.1. The fraction of sp³-hybridized carbons (Fsp3) is 0.421. The highest BCUT2D eigenvalue weighted by atomic mass is 35.5. The maximum Gasteiger partial charge on any atom is 0.257 e. The Hall–Kier alpha value is -1.78. The lowest BCUT2D eigenvalue weighted by Crippen LogP contribution is -2.48. The number of benzene rings is 1. The summed E-state index contributed by atoms with van der Waals surface area (Å²) in [7, 11) is 0. The Balaban J connectivity index is 0.00000208. The molecule has 1 aliphatic heterocycles. The van der Waals surface area contributed by atoms with Gasteiger partial charge in [-0.3, -0.25) is 9.69 Å². The summed E-state index contributed by atoms with van der Waals surface area (Å²) in [5.41, 5.74) is 2.07. The van der Waals surface area contributed by atoms with E-state index < -0.39 is 0 Å². The van der Waals surface area contributed by atoms with Crippen molar-refractivity contribution in [3.05, 3.63) is 59.5 Å². The van der Waals surface area contributed by atoms with Crippen LogP contribution in [0.2, 0.25) is 0 Å². The third-order valence-corrected chi connectivity index (χ3v) is 4.42. The number of furan rings is 1. The summed E-state index contributed by atoms with van der Waals surface area (Å²) < 4.78 is 5.23. The van der Waals surface area contributed by atoms with Crippen LogP contribution in [0.15, 0.2) is 47.1 Å². The van der Waals surface area contributed by atoms with Crippen LogP contribution in [0, 0.1) is 6.92 Å². The maximum absolute atomic E-state index is 12.4. The molecule has 1 aliphatic rings. The number of carbonyl (C=O) groups is 1. The fourth-order valence-electron chi connectivity index (χ4n) is 3.06. The van der Waals surface area contributed by atoms with Crippen molar-refractivity contribution in [2.45, 2.75) is 19.8 Å². The second kappa shape index (κ2) is 8.90. The lowest BCUT2D eigenvalue weighted by Gasteiger charge is -2.34. The predicted octanol–water partition coefficient (Wildman–Crippen LogP) is 3.40. The van der Waals surface area contributed by atoms with Crippen LogP contribution < -0.4 is 0 Å². The summed E-state index contributed by atoms with van der Waals surface area (Å²) in [5.74, 6) is 0.874. The van der Waals surface area contributed by atoms with Gasteiger partial charge in [-0.2, -0.15) is 0 Å². The SMILES string of the molecule is Cc1cc(C(=O)N2CCN(CCCc3ccccc3)CC2)co1.Cl. The van der Waals surface area contributed by atoms with Crippen LogP contribution in [0.1, 0.15) is 28.1 Å². The summed E-state index contributed by atoms with van der Waals surface area (Å²) in [6, 6.07) is 12.4. The molecule has 1 fully saturated rings. The lowest BCUT2D eigenvalue weighted by molar-refractivity contribution is 0.0635. The number of nitrogens with zero attached hydrogens (tertiary/aromatic N) is 2. The van der Waals surface area contributed by atoms with Gasteiger partial charge in [0.1, 0.15) is 12.0 Å². The molecule has 2 aromatic rings. The number of aryl methyl sites for hydroxylation is 2. The summed E-state index contributed by atoms with van der Waals surface area (Å²) >= 11 is 0. The van der Waals surface area contributed by atoms with E-state index in [2.05, 4.69) is 35.2 Å². The Kier molecular flexibility index (Phi) is 6.88. The minimum Gasteiger partial charge on any atom is -0.469 e. The van der Waals surface area contributed by atoms with Crippen molar-refractivity contribution in [1.29, 1.82) is 0 Å². The van der Waals surface area contributed by atoms with Gasteiger partial charge in [-0.15, -0.1) is 12.4 Å². The van der Waals surface area contributed by atoms with E-state index in [0.717, 1.165) is 44.9 Å². The molecule has 1 aromatic heterocycles. The van der Waals surface area contributed by atoms with Crippen LogP contribution in [0.5, 0.6) is 0 Å². The number of carbonyl (C=O) groups excluding carboxylic acids is 1. The van der Waals surface area contributed by atoms with Gasteiger partial charge in [0.15, 0.2) is 0 Å². The Bertz CT molecular complexity index is 634. The summed E-state index contributed by atoms with van der Waals surface area (Å²) in [6.45, 7) is 6.47. The first-order valence-electron chi connectivity index (χ1n) is 8.33. The minimum atomic E-state index is 0. The maximum atomic E-state index is 12.4. The van der Waals surface area contributed by atoms with E-state index >= 15 is 0 Å². The van der Waals surface area contributed by atoms with Gasteiger partial charge in [0.25, 0.3) is 5.91 Å². The number of hydrogen-bond acceptors (Lipinski definition) is 3. The molecule has 130 valence electrons. The van der Waals surface area contributed by atoms with Gasteiger partial charge in [-0.25, -0.2) is 0 Å². The number of halogens is 1. The van der Waals surface area contributed by atoms with Crippen molar-refractivity contribution in [1.82, 2.24) is 9.80 Å². The Morgan fingerprint density at radius 2 is 1.83 bits per heavy atom. The van der Waals surface area contributed by atoms with Gasteiger partial charge in [0.05, 0.1) is 5.56 Å². The van der Waals surface area contributed by atoms with E-state index in [1.165, 1.54) is 12.0 Å². The number of piperazine rings is 1. The first kappa shape index (κ1) is 18.6. The van der Waals surface area contributed by atoms with E-state index in [0.29, 0.717) is 5.56 Å².